The number of carboxylic acids is 2. The first-order valence-corrected chi connectivity index (χ1v) is 11.2. The van der Waals surface area contributed by atoms with Crippen molar-refractivity contribution in [1.29, 1.82) is 0 Å². The van der Waals surface area contributed by atoms with Gasteiger partial charge in [0, 0.05) is 5.02 Å². The second kappa shape index (κ2) is 12.0. The summed E-state index contributed by atoms with van der Waals surface area (Å²) in [7, 11) is 0. The molecule has 3 N–H and O–H groups in total. The number of hydrogen-bond acceptors (Lipinski definition) is 5. The van der Waals surface area contributed by atoms with Gasteiger partial charge in [-0.25, -0.2) is 9.86 Å². The van der Waals surface area contributed by atoms with Crippen molar-refractivity contribution in [2.45, 2.75) is 39.7 Å². The Bertz CT molecular complexity index is 1010. The van der Waals surface area contributed by atoms with Gasteiger partial charge in [0.1, 0.15) is 0 Å². The smallest absolute Gasteiger partial charge is 0.396 e. The van der Waals surface area contributed by atoms with Crippen molar-refractivity contribution in [3.05, 3.63) is 59.1 Å². The number of hydrogen-bond donors (Lipinski definition) is 3. The predicted molar refractivity (Wildman–Crippen MR) is 127 cm³/mol. The molecule has 2 aromatic rings. The SMILES string of the molecule is CC(C)CON(C(=O)C(=O)O)[C@H](Cc1ccc(-c2cccc(Cl)c2)cc1)C[C@@](C)(CO)C(=O)O. The van der Waals surface area contributed by atoms with Crippen LogP contribution in [0.4, 0.5) is 0 Å². The molecule has 0 aliphatic rings. The lowest BCUT2D eigenvalue weighted by Gasteiger charge is -2.35. The van der Waals surface area contributed by atoms with E-state index in [1.54, 1.807) is 6.07 Å². The van der Waals surface area contributed by atoms with Crippen molar-refractivity contribution in [3.63, 3.8) is 0 Å². The zero-order chi connectivity index (χ0) is 25.5. The average Bonchev–Trinajstić information content (AvgIpc) is 2.78. The zero-order valence-electron chi connectivity index (χ0n) is 19.4. The number of benzene rings is 2. The highest BCUT2D eigenvalue weighted by Gasteiger charge is 2.40. The van der Waals surface area contributed by atoms with Gasteiger partial charge in [0.2, 0.25) is 0 Å². The van der Waals surface area contributed by atoms with E-state index in [1.165, 1.54) is 6.92 Å². The van der Waals surface area contributed by atoms with Gasteiger partial charge in [-0.2, -0.15) is 0 Å². The molecule has 0 radical (unpaired) electrons. The van der Waals surface area contributed by atoms with E-state index in [-0.39, 0.29) is 25.4 Å². The van der Waals surface area contributed by atoms with E-state index in [4.69, 9.17) is 16.4 Å². The summed E-state index contributed by atoms with van der Waals surface area (Å²) in [6.07, 6.45) is -0.0954. The highest BCUT2D eigenvalue weighted by atomic mass is 35.5. The van der Waals surface area contributed by atoms with Crippen LogP contribution < -0.4 is 0 Å². The van der Waals surface area contributed by atoms with Gasteiger partial charge >= 0.3 is 17.8 Å². The molecule has 0 saturated heterocycles. The van der Waals surface area contributed by atoms with Crippen LogP contribution in [0.2, 0.25) is 5.02 Å². The molecular weight excluding hydrogens is 462 g/mol. The van der Waals surface area contributed by atoms with Gasteiger partial charge in [-0.15, -0.1) is 0 Å². The van der Waals surface area contributed by atoms with Gasteiger partial charge in [0.15, 0.2) is 0 Å². The van der Waals surface area contributed by atoms with Crippen LogP contribution >= 0.6 is 11.6 Å². The standard InChI is InChI=1S/C25H30ClNO7/c1-16(2)14-34-27(22(29)23(30)31)21(13-25(3,15-28)24(32)33)11-17-7-9-18(10-8-17)19-5-4-6-20(26)12-19/h4-10,12,16,21,28H,11,13-15H2,1-3H3,(H,30,31)(H,32,33)/t21-,25+/m1/s1. The van der Waals surface area contributed by atoms with Crippen LogP contribution in [0.1, 0.15) is 32.8 Å². The summed E-state index contributed by atoms with van der Waals surface area (Å²) in [4.78, 5) is 41.4. The topological polar surface area (TPSA) is 124 Å². The van der Waals surface area contributed by atoms with Crippen LogP contribution in [-0.4, -0.2) is 57.5 Å². The molecule has 9 heteroatoms. The molecule has 2 atom stereocenters. The minimum absolute atomic E-state index is 0.00887. The van der Waals surface area contributed by atoms with E-state index in [2.05, 4.69) is 0 Å². The maximum absolute atomic E-state index is 12.5. The van der Waals surface area contributed by atoms with E-state index in [0.717, 1.165) is 21.8 Å². The molecule has 0 fully saturated rings. The van der Waals surface area contributed by atoms with E-state index < -0.39 is 35.9 Å². The van der Waals surface area contributed by atoms with E-state index in [0.29, 0.717) is 5.02 Å². The lowest BCUT2D eigenvalue weighted by molar-refractivity contribution is -0.212. The van der Waals surface area contributed by atoms with Gasteiger partial charge in [0.05, 0.1) is 24.7 Å². The summed E-state index contributed by atoms with van der Waals surface area (Å²) in [5.41, 5.74) is 0.946. The Balaban J connectivity index is 2.40. The molecular formula is C25H30ClNO7. The Morgan fingerprint density at radius 1 is 1.06 bits per heavy atom. The van der Waals surface area contributed by atoms with E-state index >= 15 is 0 Å². The van der Waals surface area contributed by atoms with Crippen LogP contribution in [0.25, 0.3) is 11.1 Å². The van der Waals surface area contributed by atoms with Crippen molar-refractivity contribution in [1.82, 2.24) is 5.06 Å². The number of aliphatic hydroxyl groups is 1. The van der Waals surface area contributed by atoms with Crippen molar-refractivity contribution in [2.24, 2.45) is 11.3 Å². The van der Waals surface area contributed by atoms with Crippen LogP contribution in [0, 0.1) is 11.3 Å². The van der Waals surface area contributed by atoms with Crippen molar-refractivity contribution in [2.75, 3.05) is 13.2 Å². The first-order chi connectivity index (χ1) is 16.0. The summed E-state index contributed by atoms with van der Waals surface area (Å²) in [6, 6.07) is 13.7. The fourth-order valence-corrected chi connectivity index (χ4v) is 3.59. The van der Waals surface area contributed by atoms with E-state index in [9.17, 15) is 29.7 Å². The van der Waals surface area contributed by atoms with Crippen LogP contribution in [0.5, 0.6) is 0 Å². The third-order valence-electron chi connectivity index (χ3n) is 5.40. The van der Waals surface area contributed by atoms with Gasteiger partial charge in [-0.1, -0.05) is 61.8 Å². The molecule has 184 valence electrons. The molecule has 1 amide bonds. The fraction of sp³-hybridized carbons (Fsp3) is 0.400. The van der Waals surface area contributed by atoms with Crippen LogP contribution in [-0.2, 0) is 25.6 Å². The highest BCUT2D eigenvalue weighted by molar-refractivity contribution is 6.31. The quantitative estimate of drug-likeness (QED) is 0.321. The monoisotopic (exact) mass is 491 g/mol. The van der Waals surface area contributed by atoms with Crippen molar-refractivity contribution in [3.8, 4) is 11.1 Å². The van der Waals surface area contributed by atoms with Crippen molar-refractivity contribution < 1.29 is 34.5 Å². The Morgan fingerprint density at radius 3 is 2.21 bits per heavy atom. The minimum atomic E-state index is -1.72. The lowest BCUT2D eigenvalue weighted by Crippen LogP contribution is -2.49. The van der Waals surface area contributed by atoms with Crippen molar-refractivity contribution >= 4 is 29.4 Å². The highest BCUT2D eigenvalue weighted by Crippen LogP contribution is 2.29. The fourth-order valence-electron chi connectivity index (χ4n) is 3.40. The second-order valence-corrected chi connectivity index (χ2v) is 9.36. The number of hydroxylamine groups is 2. The second-order valence-electron chi connectivity index (χ2n) is 8.92. The Morgan fingerprint density at radius 2 is 1.71 bits per heavy atom. The first kappa shape index (κ1) is 27.3. The normalized spacial score (nSPS) is 13.8. The number of aliphatic hydroxyl groups excluding tert-OH is 1. The summed E-state index contributed by atoms with van der Waals surface area (Å²) < 4.78 is 0. The number of rotatable bonds is 11. The lowest BCUT2D eigenvalue weighted by atomic mass is 9.82. The van der Waals surface area contributed by atoms with Gasteiger partial charge < -0.3 is 15.3 Å². The number of aliphatic carboxylic acids is 2. The molecule has 0 aliphatic carbocycles. The number of amides is 1. The third-order valence-corrected chi connectivity index (χ3v) is 5.63. The first-order valence-electron chi connectivity index (χ1n) is 10.9. The maximum Gasteiger partial charge on any atom is 0.396 e. The molecule has 0 aromatic heterocycles. The summed E-state index contributed by atoms with van der Waals surface area (Å²) >= 11 is 6.07. The Hall–Kier alpha value is -2.94. The van der Waals surface area contributed by atoms with Gasteiger partial charge in [-0.3, -0.25) is 14.4 Å². The molecule has 0 spiro atoms. The number of halogens is 1. The minimum Gasteiger partial charge on any atom is -0.481 e. The van der Waals surface area contributed by atoms with Gasteiger partial charge in [-0.05, 0) is 54.5 Å². The third kappa shape index (κ3) is 7.28. The molecule has 8 nitrogen and oxygen atoms in total. The number of carbonyl (C=O) groups excluding carboxylic acids is 1. The molecule has 0 unspecified atom stereocenters. The molecule has 0 bridgehead atoms. The predicted octanol–water partition coefficient (Wildman–Crippen LogP) is 3.89. The number of carbonyl (C=O) groups is 3. The van der Waals surface area contributed by atoms with E-state index in [1.807, 2.05) is 56.3 Å². The Kier molecular flexibility index (Phi) is 9.61. The largest absolute Gasteiger partial charge is 0.481 e. The molecule has 0 aliphatic heterocycles. The summed E-state index contributed by atoms with van der Waals surface area (Å²) in [6.45, 7) is 4.39. The molecule has 2 rings (SSSR count). The Labute approximate surface area is 203 Å². The summed E-state index contributed by atoms with van der Waals surface area (Å²) in [5.74, 6) is -4.29. The van der Waals surface area contributed by atoms with Crippen LogP contribution in [0.3, 0.4) is 0 Å². The molecule has 0 heterocycles. The molecule has 34 heavy (non-hydrogen) atoms. The van der Waals surface area contributed by atoms with Crippen LogP contribution in [0.15, 0.2) is 48.5 Å². The average molecular weight is 492 g/mol. The number of carboxylic acid groups (broad SMARTS) is 2. The zero-order valence-corrected chi connectivity index (χ0v) is 20.2. The molecule has 0 saturated carbocycles. The number of nitrogens with zero attached hydrogens (tertiary/aromatic N) is 1. The molecule has 2 aromatic carbocycles. The summed E-state index contributed by atoms with van der Waals surface area (Å²) in [5, 5.41) is 30.1. The maximum atomic E-state index is 12.5. The van der Waals surface area contributed by atoms with Gasteiger partial charge in [0.25, 0.3) is 0 Å².